The third-order valence-electron chi connectivity index (χ3n) is 3.00. The zero-order valence-electron chi connectivity index (χ0n) is 10.9. The second kappa shape index (κ2) is 5.00. The average molecular weight is 308 g/mol. The number of benzene rings is 1. The highest BCUT2D eigenvalue weighted by Crippen LogP contribution is 2.36. The van der Waals surface area contributed by atoms with E-state index < -0.39 is 0 Å². The molecule has 3 nitrogen and oxygen atoms in total. The molecular formula is C14H11ClFN3S. The quantitative estimate of drug-likeness (QED) is 0.757. The molecule has 20 heavy (non-hydrogen) atoms. The van der Waals surface area contributed by atoms with E-state index in [-0.39, 0.29) is 5.82 Å². The van der Waals surface area contributed by atoms with Crippen molar-refractivity contribution in [2.75, 3.05) is 12.4 Å². The highest BCUT2D eigenvalue weighted by Gasteiger charge is 2.14. The molecule has 0 aliphatic rings. The van der Waals surface area contributed by atoms with Gasteiger partial charge in [0.05, 0.1) is 15.4 Å². The van der Waals surface area contributed by atoms with Gasteiger partial charge in [-0.2, -0.15) is 0 Å². The van der Waals surface area contributed by atoms with Gasteiger partial charge in [0, 0.05) is 12.4 Å². The standard InChI is InChI=1S/C14H11ClFN3S/c1-7-6-20-12(11(7)15)14-18-10-4-3-8(16)5-9(10)13(17-2)19-14/h3-6H,1-2H3,(H,17,18,19). The Morgan fingerprint density at radius 1 is 1.30 bits per heavy atom. The lowest BCUT2D eigenvalue weighted by molar-refractivity contribution is 0.629. The van der Waals surface area contributed by atoms with E-state index in [2.05, 4.69) is 15.3 Å². The number of aryl methyl sites for hydroxylation is 1. The van der Waals surface area contributed by atoms with Crippen molar-refractivity contribution in [3.8, 4) is 10.7 Å². The van der Waals surface area contributed by atoms with Crippen LogP contribution in [0.5, 0.6) is 0 Å². The Balaban J connectivity index is 2.28. The van der Waals surface area contributed by atoms with Crippen molar-refractivity contribution in [1.82, 2.24) is 9.97 Å². The number of nitrogens with zero attached hydrogens (tertiary/aromatic N) is 2. The molecule has 2 aromatic heterocycles. The predicted octanol–water partition coefficient (Wildman–Crippen LogP) is 4.50. The molecule has 0 aliphatic heterocycles. The first-order valence-corrected chi connectivity index (χ1v) is 7.25. The van der Waals surface area contributed by atoms with Gasteiger partial charge in [0.1, 0.15) is 11.6 Å². The number of fused-ring (bicyclic) bond motifs is 1. The van der Waals surface area contributed by atoms with Gasteiger partial charge in [-0.3, -0.25) is 0 Å². The highest BCUT2D eigenvalue weighted by atomic mass is 35.5. The Hall–Kier alpha value is -1.72. The molecule has 102 valence electrons. The van der Waals surface area contributed by atoms with Crippen molar-refractivity contribution < 1.29 is 4.39 Å². The van der Waals surface area contributed by atoms with E-state index in [4.69, 9.17) is 11.6 Å². The maximum Gasteiger partial charge on any atom is 0.173 e. The Morgan fingerprint density at radius 3 is 2.75 bits per heavy atom. The van der Waals surface area contributed by atoms with Crippen LogP contribution in [-0.4, -0.2) is 17.0 Å². The van der Waals surface area contributed by atoms with Crippen LogP contribution in [0, 0.1) is 12.7 Å². The van der Waals surface area contributed by atoms with Crippen molar-refractivity contribution in [2.24, 2.45) is 0 Å². The number of aromatic nitrogens is 2. The molecule has 0 saturated carbocycles. The van der Waals surface area contributed by atoms with E-state index >= 15 is 0 Å². The van der Waals surface area contributed by atoms with E-state index in [0.717, 1.165) is 10.4 Å². The zero-order valence-corrected chi connectivity index (χ0v) is 12.4. The van der Waals surface area contributed by atoms with Gasteiger partial charge in [-0.25, -0.2) is 14.4 Å². The number of hydrogen-bond acceptors (Lipinski definition) is 4. The van der Waals surface area contributed by atoms with Crippen molar-refractivity contribution in [2.45, 2.75) is 6.92 Å². The molecule has 0 fully saturated rings. The summed E-state index contributed by atoms with van der Waals surface area (Å²) >= 11 is 7.77. The number of hydrogen-bond donors (Lipinski definition) is 1. The van der Waals surface area contributed by atoms with E-state index in [1.165, 1.54) is 23.5 Å². The molecule has 1 N–H and O–H groups in total. The van der Waals surface area contributed by atoms with Crippen LogP contribution in [-0.2, 0) is 0 Å². The Kier molecular flexibility index (Phi) is 3.31. The molecule has 0 unspecified atom stereocenters. The minimum Gasteiger partial charge on any atom is -0.373 e. The van der Waals surface area contributed by atoms with Crippen LogP contribution in [0.1, 0.15) is 5.56 Å². The van der Waals surface area contributed by atoms with Crippen molar-refractivity contribution in [3.05, 3.63) is 40.0 Å². The Labute approximate surface area is 124 Å². The summed E-state index contributed by atoms with van der Waals surface area (Å²) in [4.78, 5) is 9.75. The molecule has 6 heteroatoms. The monoisotopic (exact) mass is 307 g/mol. The summed E-state index contributed by atoms with van der Waals surface area (Å²) in [5.74, 6) is 0.832. The highest BCUT2D eigenvalue weighted by molar-refractivity contribution is 7.14. The fourth-order valence-electron chi connectivity index (χ4n) is 1.97. The first-order valence-electron chi connectivity index (χ1n) is 5.99. The molecule has 0 bridgehead atoms. The van der Waals surface area contributed by atoms with E-state index in [9.17, 15) is 4.39 Å². The average Bonchev–Trinajstić information content (AvgIpc) is 2.78. The second-order valence-electron chi connectivity index (χ2n) is 4.37. The van der Waals surface area contributed by atoms with Gasteiger partial charge in [-0.05, 0) is 36.1 Å². The lowest BCUT2D eigenvalue weighted by Gasteiger charge is -2.07. The third-order valence-corrected chi connectivity index (χ3v) is 4.69. The summed E-state index contributed by atoms with van der Waals surface area (Å²) in [6.45, 7) is 1.94. The number of anilines is 1. The summed E-state index contributed by atoms with van der Waals surface area (Å²) in [5, 5.41) is 6.26. The normalized spacial score (nSPS) is 11.0. The van der Waals surface area contributed by atoms with Crippen LogP contribution in [0.2, 0.25) is 5.02 Å². The smallest absolute Gasteiger partial charge is 0.173 e. The van der Waals surface area contributed by atoms with Crippen LogP contribution in [0.15, 0.2) is 23.6 Å². The molecule has 0 radical (unpaired) electrons. The van der Waals surface area contributed by atoms with Gasteiger partial charge >= 0.3 is 0 Å². The fraction of sp³-hybridized carbons (Fsp3) is 0.143. The zero-order chi connectivity index (χ0) is 14.3. The van der Waals surface area contributed by atoms with Crippen LogP contribution in [0.3, 0.4) is 0 Å². The molecule has 0 saturated heterocycles. The Morgan fingerprint density at radius 2 is 2.10 bits per heavy atom. The third kappa shape index (κ3) is 2.13. The van der Waals surface area contributed by atoms with E-state index in [0.29, 0.717) is 27.6 Å². The van der Waals surface area contributed by atoms with Gasteiger partial charge in [-0.1, -0.05) is 11.6 Å². The molecule has 1 aromatic carbocycles. The van der Waals surface area contributed by atoms with Gasteiger partial charge < -0.3 is 5.32 Å². The first kappa shape index (κ1) is 13.3. The van der Waals surface area contributed by atoms with Gasteiger partial charge in [0.2, 0.25) is 0 Å². The first-order chi connectivity index (χ1) is 9.60. The summed E-state index contributed by atoms with van der Waals surface area (Å²) < 4.78 is 13.3. The van der Waals surface area contributed by atoms with Gasteiger partial charge in [0.25, 0.3) is 0 Å². The van der Waals surface area contributed by atoms with Gasteiger partial charge in [-0.15, -0.1) is 11.3 Å². The summed E-state index contributed by atoms with van der Waals surface area (Å²) in [7, 11) is 1.75. The predicted molar refractivity (Wildman–Crippen MR) is 82.1 cm³/mol. The van der Waals surface area contributed by atoms with Crippen LogP contribution < -0.4 is 5.32 Å². The van der Waals surface area contributed by atoms with Crippen LogP contribution in [0.25, 0.3) is 21.6 Å². The number of rotatable bonds is 2. The van der Waals surface area contributed by atoms with Crippen molar-refractivity contribution in [1.29, 1.82) is 0 Å². The molecule has 3 aromatic rings. The largest absolute Gasteiger partial charge is 0.373 e. The molecule has 3 rings (SSSR count). The maximum atomic E-state index is 13.3. The summed E-state index contributed by atoms with van der Waals surface area (Å²) in [6.07, 6.45) is 0. The number of nitrogens with one attached hydrogen (secondary N) is 1. The summed E-state index contributed by atoms with van der Waals surface area (Å²) in [5.41, 5.74) is 1.68. The molecule has 0 amide bonds. The SMILES string of the molecule is CNc1nc(-c2scc(C)c2Cl)nc2ccc(F)cc12. The van der Waals surface area contributed by atoms with Crippen LogP contribution in [0.4, 0.5) is 10.2 Å². The maximum absolute atomic E-state index is 13.3. The molecule has 2 heterocycles. The fourth-order valence-corrected chi connectivity index (χ4v) is 3.18. The summed E-state index contributed by atoms with van der Waals surface area (Å²) in [6, 6.07) is 4.46. The minimum absolute atomic E-state index is 0.310. The lowest BCUT2D eigenvalue weighted by Crippen LogP contribution is -1.98. The number of halogens is 2. The van der Waals surface area contributed by atoms with E-state index in [1.54, 1.807) is 13.1 Å². The molecule has 0 atom stereocenters. The van der Waals surface area contributed by atoms with Crippen molar-refractivity contribution in [3.63, 3.8) is 0 Å². The molecular weight excluding hydrogens is 297 g/mol. The minimum atomic E-state index is -0.310. The van der Waals surface area contributed by atoms with Crippen LogP contribution >= 0.6 is 22.9 Å². The Bertz CT molecular complexity index is 800. The lowest BCUT2D eigenvalue weighted by atomic mass is 10.2. The topological polar surface area (TPSA) is 37.8 Å². The van der Waals surface area contributed by atoms with Crippen molar-refractivity contribution >= 4 is 39.7 Å². The molecule has 0 aliphatic carbocycles. The molecule has 0 spiro atoms. The number of thiophene rings is 1. The van der Waals surface area contributed by atoms with E-state index in [1.807, 2.05) is 12.3 Å². The second-order valence-corrected chi connectivity index (χ2v) is 5.63. The van der Waals surface area contributed by atoms with Gasteiger partial charge in [0.15, 0.2) is 5.82 Å².